The molecule has 1 fully saturated rings. The summed E-state index contributed by atoms with van der Waals surface area (Å²) in [4.78, 5) is 16.1. The first-order chi connectivity index (χ1) is 16.7. The van der Waals surface area contributed by atoms with E-state index in [1.807, 2.05) is 11.8 Å². The number of hydrogen-bond donors (Lipinski definition) is 1. The Kier molecular flexibility index (Phi) is 7.47. The van der Waals surface area contributed by atoms with Crippen molar-refractivity contribution in [3.63, 3.8) is 0 Å². The minimum atomic E-state index is -3.84. The smallest absolute Gasteiger partial charge is 0.261 e. The molecule has 1 heterocycles. The van der Waals surface area contributed by atoms with Gasteiger partial charge in [-0.15, -0.1) is 0 Å². The molecule has 1 N–H and O–H groups in total. The first-order valence-electron chi connectivity index (χ1n) is 11.0. The summed E-state index contributed by atoms with van der Waals surface area (Å²) in [5.74, 6) is -0.309. The lowest BCUT2D eigenvalue weighted by Gasteiger charge is -2.36. The van der Waals surface area contributed by atoms with Crippen molar-refractivity contribution in [1.29, 1.82) is 0 Å². The number of para-hydroxylation sites is 1. The molecule has 0 aliphatic carbocycles. The molecule has 10 heteroatoms. The Labute approximate surface area is 209 Å². The van der Waals surface area contributed by atoms with E-state index in [9.17, 15) is 17.6 Å². The van der Waals surface area contributed by atoms with Gasteiger partial charge in [0.2, 0.25) is 0 Å². The highest BCUT2D eigenvalue weighted by atomic mass is 35.5. The first-order valence-corrected chi connectivity index (χ1v) is 12.9. The standard InChI is InChI=1S/C25H25ClFN3O4S/c1-18-6-8-19(9-7-18)28-35(32,33)20-10-11-24(21(26)16-20)34-17-25(31)30-14-12-29(13-15-30)23-5-3-2-4-22(23)27/h2-11,16,28H,12-15,17H2,1H3. The van der Waals surface area contributed by atoms with Crippen molar-refractivity contribution in [3.8, 4) is 5.75 Å². The zero-order valence-electron chi connectivity index (χ0n) is 19.1. The van der Waals surface area contributed by atoms with Gasteiger partial charge in [0, 0.05) is 31.9 Å². The fourth-order valence-electron chi connectivity index (χ4n) is 3.74. The van der Waals surface area contributed by atoms with Crippen LogP contribution in [0.15, 0.2) is 71.6 Å². The number of carbonyl (C=O) groups is 1. The molecule has 0 bridgehead atoms. The Balaban J connectivity index is 1.32. The van der Waals surface area contributed by atoms with Crippen LogP contribution in [0.3, 0.4) is 0 Å². The Bertz CT molecular complexity index is 1310. The molecule has 35 heavy (non-hydrogen) atoms. The number of sulfonamides is 1. The molecule has 0 aromatic heterocycles. The third-order valence-corrected chi connectivity index (χ3v) is 7.37. The fourth-order valence-corrected chi connectivity index (χ4v) is 5.12. The van der Waals surface area contributed by atoms with Crippen molar-refractivity contribution < 1.29 is 22.3 Å². The summed E-state index contributed by atoms with van der Waals surface area (Å²) in [7, 11) is -3.84. The Morgan fingerprint density at radius 2 is 1.71 bits per heavy atom. The predicted octanol–water partition coefficient (Wildman–Crippen LogP) is 4.32. The number of benzene rings is 3. The predicted molar refractivity (Wildman–Crippen MR) is 134 cm³/mol. The van der Waals surface area contributed by atoms with Gasteiger partial charge < -0.3 is 14.5 Å². The van der Waals surface area contributed by atoms with E-state index < -0.39 is 10.0 Å². The van der Waals surface area contributed by atoms with E-state index in [2.05, 4.69) is 4.72 Å². The zero-order valence-corrected chi connectivity index (χ0v) is 20.7. The van der Waals surface area contributed by atoms with E-state index in [1.54, 1.807) is 47.4 Å². The van der Waals surface area contributed by atoms with Gasteiger partial charge in [-0.05, 0) is 49.4 Å². The average Bonchev–Trinajstić information content (AvgIpc) is 2.85. The summed E-state index contributed by atoms with van der Waals surface area (Å²) in [6.45, 7) is 3.56. The third-order valence-electron chi connectivity index (χ3n) is 5.69. The summed E-state index contributed by atoms with van der Waals surface area (Å²) in [5, 5.41) is 0.0777. The van der Waals surface area contributed by atoms with Crippen molar-refractivity contribution in [2.24, 2.45) is 0 Å². The molecule has 0 radical (unpaired) electrons. The van der Waals surface area contributed by atoms with E-state index >= 15 is 0 Å². The summed E-state index contributed by atoms with van der Waals surface area (Å²) < 4.78 is 47.4. The van der Waals surface area contributed by atoms with Crippen LogP contribution >= 0.6 is 11.6 Å². The number of hydrogen-bond acceptors (Lipinski definition) is 5. The first kappa shape index (κ1) is 24.8. The summed E-state index contributed by atoms with van der Waals surface area (Å²) in [6.07, 6.45) is 0. The van der Waals surface area contributed by atoms with Crippen LogP contribution in [0.5, 0.6) is 5.75 Å². The van der Waals surface area contributed by atoms with Crippen molar-refractivity contribution >= 4 is 38.9 Å². The highest BCUT2D eigenvalue weighted by Gasteiger charge is 2.23. The van der Waals surface area contributed by atoms with Crippen LogP contribution in [-0.2, 0) is 14.8 Å². The van der Waals surface area contributed by atoms with Gasteiger partial charge in [-0.1, -0.05) is 41.4 Å². The number of anilines is 2. The maximum Gasteiger partial charge on any atom is 0.261 e. The van der Waals surface area contributed by atoms with Crippen molar-refractivity contribution in [2.75, 3.05) is 42.4 Å². The monoisotopic (exact) mass is 517 g/mol. The average molecular weight is 518 g/mol. The number of amides is 1. The number of carbonyl (C=O) groups excluding carboxylic acids is 1. The molecule has 3 aromatic carbocycles. The van der Waals surface area contributed by atoms with Crippen LogP contribution in [0, 0.1) is 12.7 Å². The molecular weight excluding hydrogens is 493 g/mol. The number of ether oxygens (including phenoxy) is 1. The minimum absolute atomic E-state index is 0.0222. The molecule has 4 rings (SSSR count). The Morgan fingerprint density at radius 3 is 2.37 bits per heavy atom. The van der Waals surface area contributed by atoms with Crippen molar-refractivity contribution in [1.82, 2.24) is 4.90 Å². The number of nitrogens with zero attached hydrogens (tertiary/aromatic N) is 2. The molecule has 184 valence electrons. The minimum Gasteiger partial charge on any atom is -0.482 e. The highest BCUT2D eigenvalue weighted by Crippen LogP contribution is 2.28. The quantitative estimate of drug-likeness (QED) is 0.505. The van der Waals surface area contributed by atoms with Gasteiger partial charge in [0.05, 0.1) is 15.6 Å². The molecule has 0 saturated carbocycles. The van der Waals surface area contributed by atoms with Crippen LogP contribution in [0.2, 0.25) is 5.02 Å². The van der Waals surface area contributed by atoms with E-state index in [-0.39, 0.29) is 34.0 Å². The maximum absolute atomic E-state index is 14.0. The second-order valence-electron chi connectivity index (χ2n) is 8.17. The van der Waals surface area contributed by atoms with Crippen LogP contribution < -0.4 is 14.4 Å². The van der Waals surface area contributed by atoms with Gasteiger partial charge in [0.1, 0.15) is 11.6 Å². The van der Waals surface area contributed by atoms with Gasteiger partial charge in [0.15, 0.2) is 6.61 Å². The van der Waals surface area contributed by atoms with Gasteiger partial charge >= 0.3 is 0 Å². The summed E-state index contributed by atoms with van der Waals surface area (Å²) in [6, 6.07) is 17.6. The SMILES string of the molecule is Cc1ccc(NS(=O)(=O)c2ccc(OCC(=O)N3CCN(c4ccccc4F)CC3)c(Cl)c2)cc1. The van der Waals surface area contributed by atoms with E-state index in [0.29, 0.717) is 37.6 Å². The molecule has 1 aliphatic rings. The van der Waals surface area contributed by atoms with E-state index in [1.165, 1.54) is 24.3 Å². The Hall–Kier alpha value is -3.30. The lowest BCUT2D eigenvalue weighted by molar-refractivity contribution is -0.133. The second kappa shape index (κ2) is 10.5. The molecule has 0 spiro atoms. The lowest BCUT2D eigenvalue weighted by Crippen LogP contribution is -2.50. The van der Waals surface area contributed by atoms with E-state index in [0.717, 1.165) is 5.56 Å². The van der Waals surface area contributed by atoms with Crippen LogP contribution in [0.4, 0.5) is 15.8 Å². The zero-order chi connectivity index (χ0) is 25.0. The van der Waals surface area contributed by atoms with Gasteiger partial charge in [-0.2, -0.15) is 0 Å². The van der Waals surface area contributed by atoms with Crippen LogP contribution in [0.1, 0.15) is 5.56 Å². The number of halogens is 2. The molecular formula is C25H25ClFN3O4S. The number of rotatable bonds is 7. The normalized spacial score (nSPS) is 14.0. The molecule has 0 unspecified atom stereocenters. The summed E-state index contributed by atoms with van der Waals surface area (Å²) >= 11 is 6.25. The lowest BCUT2D eigenvalue weighted by atomic mass is 10.2. The Morgan fingerprint density at radius 1 is 1.03 bits per heavy atom. The number of aryl methyl sites for hydroxylation is 1. The van der Waals surface area contributed by atoms with Crippen LogP contribution in [0.25, 0.3) is 0 Å². The van der Waals surface area contributed by atoms with E-state index in [4.69, 9.17) is 16.3 Å². The second-order valence-corrected chi connectivity index (χ2v) is 10.3. The summed E-state index contributed by atoms with van der Waals surface area (Å²) in [5.41, 5.74) is 1.97. The molecule has 0 atom stereocenters. The molecule has 7 nitrogen and oxygen atoms in total. The largest absolute Gasteiger partial charge is 0.482 e. The highest BCUT2D eigenvalue weighted by molar-refractivity contribution is 7.92. The van der Waals surface area contributed by atoms with Gasteiger partial charge in [-0.25, -0.2) is 12.8 Å². The van der Waals surface area contributed by atoms with Crippen molar-refractivity contribution in [2.45, 2.75) is 11.8 Å². The van der Waals surface area contributed by atoms with Crippen molar-refractivity contribution in [3.05, 3.63) is 83.1 Å². The number of nitrogens with one attached hydrogen (secondary N) is 1. The molecule has 1 aliphatic heterocycles. The topological polar surface area (TPSA) is 78.9 Å². The third kappa shape index (κ3) is 6.04. The maximum atomic E-state index is 14.0. The molecule has 1 amide bonds. The van der Waals surface area contributed by atoms with Gasteiger partial charge in [-0.3, -0.25) is 9.52 Å². The molecule has 1 saturated heterocycles. The fraction of sp³-hybridized carbons (Fsp3) is 0.240. The number of piperazine rings is 1. The van der Waals surface area contributed by atoms with Crippen LogP contribution in [-0.4, -0.2) is 52.0 Å². The van der Waals surface area contributed by atoms with Gasteiger partial charge in [0.25, 0.3) is 15.9 Å². The molecule has 3 aromatic rings.